The maximum Gasteiger partial charge on any atom is 0.217 e. The zero-order valence-corrected chi connectivity index (χ0v) is 14.0. The smallest absolute Gasteiger partial charge is 0.217 e. The zero-order chi connectivity index (χ0) is 15.2. The van der Waals surface area contributed by atoms with E-state index < -0.39 is 15.6 Å². The fraction of sp³-hybridized carbons (Fsp3) is 0.846. The molecule has 3 fully saturated rings. The SMILES string of the molecule is O=S(=O)(C1CC1)N1CCO[C@@]2(CCCN(c3nncs3)C2)C1. The molecule has 1 atom stereocenters. The topological polar surface area (TPSA) is 75.6 Å². The highest BCUT2D eigenvalue weighted by atomic mass is 32.2. The Bertz CT molecular complexity index is 628. The molecule has 7 nitrogen and oxygen atoms in total. The molecule has 1 aliphatic carbocycles. The molecule has 0 unspecified atom stereocenters. The van der Waals surface area contributed by atoms with Crippen molar-refractivity contribution >= 4 is 26.5 Å². The Hall–Kier alpha value is -0.770. The van der Waals surface area contributed by atoms with E-state index in [2.05, 4.69) is 15.1 Å². The Morgan fingerprint density at radius 1 is 1.32 bits per heavy atom. The van der Waals surface area contributed by atoms with Gasteiger partial charge < -0.3 is 9.64 Å². The third kappa shape index (κ3) is 2.64. The number of aromatic nitrogens is 2. The molecule has 0 N–H and O–H groups in total. The summed E-state index contributed by atoms with van der Waals surface area (Å²) in [6, 6.07) is 0. The summed E-state index contributed by atoms with van der Waals surface area (Å²) in [4.78, 5) is 2.18. The number of nitrogens with zero attached hydrogens (tertiary/aromatic N) is 4. The van der Waals surface area contributed by atoms with E-state index in [9.17, 15) is 8.42 Å². The van der Waals surface area contributed by atoms with Crippen LogP contribution >= 0.6 is 11.3 Å². The summed E-state index contributed by atoms with van der Waals surface area (Å²) in [5.74, 6) is 0. The number of anilines is 1. The maximum absolute atomic E-state index is 12.5. The molecule has 1 spiro atoms. The van der Waals surface area contributed by atoms with E-state index in [0.717, 1.165) is 37.4 Å². The second-order valence-electron chi connectivity index (χ2n) is 6.36. The lowest BCUT2D eigenvalue weighted by Crippen LogP contribution is -2.61. The van der Waals surface area contributed by atoms with Gasteiger partial charge in [-0.2, -0.15) is 4.31 Å². The molecule has 3 heterocycles. The summed E-state index contributed by atoms with van der Waals surface area (Å²) in [6.07, 6.45) is 3.50. The van der Waals surface area contributed by atoms with Crippen LogP contribution in [0, 0.1) is 0 Å². The molecule has 3 aliphatic rings. The maximum atomic E-state index is 12.5. The monoisotopic (exact) mass is 344 g/mol. The number of hydrogen-bond donors (Lipinski definition) is 0. The first-order valence-corrected chi connectivity index (χ1v) is 10.1. The highest BCUT2D eigenvalue weighted by Gasteiger charge is 2.47. The summed E-state index contributed by atoms with van der Waals surface area (Å²) in [6.45, 7) is 3.06. The number of piperidine rings is 1. The molecule has 1 aromatic heterocycles. The average molecular weight is 344 g/mol. The van der Waals surface area contributed by atoms with Gasteiger partial charge in [-0.25, -0.2) is 8.42 Å². The molecular formula is C13H20N4O3S2. The van der Waals surface area contributed by atoms with E-state index in [1.54, 1.807) is 9.82 Å². The molecule has 0 bridgehead atoms. The fourth-order valence-electron chi connectivity index (χ4n) is 3.42. The summed E-state index contributed by atoms with van der Waals surface area (Å²) in [5.41, 5.74) is 1.33. The number of hydrogen-bond acceptors (Lipinski definition) is 7. The molecule has 4 rings (SSSR count). The van der Waals surface area contributed by atoms with Crippen LogP contribution in [-0.2, 0) is 14.8 Å². The van der Waals surface area contributed by atoms with Crippen molar-refractivity contribution in [2.24, 2.45) is 0 Å². The molecule has 9 heteroatoms. The number of ether oxygens (including phenoxy) is 1. The molecule has 22 heavy (non-hydrogen) atoms. The van der Waals surface area contributed by atoms with E-state index >= 15 is 0 Å². The molecule has 0 radical (unpaired) electrons. The first kappa shape index (κ1) is 14.8. The van der Waals surface area contributed by atoms with E-state index in [-0.39, 0.29) is 5.25 Å². The van der Waals surface area contributed by atoms with Gasteiger partial charge >= 0.3 is 0 Å². The van der Waals surface area contributed by atoms with Gasteiger partial charge in [0.25, 0.3) is 0 Å². The van der Waals surface area contributed by atoms with Crippen molar-refractivity contribution in [1.29, 1.82) is 0 Å². The van der Waals surface area contributed by atoms with Crippen molar-refractivity contribution in [1.82, 2.24) is 14.5 Å². The highest BCUT2D eigenvalue weighted by molar-refractivity contribution is 7.90. The molecule has 122 valence electrons. The van der Waals surface area contributed by atoms with Crippen LogP contribution in [0.25, 0.3) is 0 Å². The third-order valence-electron chi connectivity index (χ3n) is 4.68. The van der Waals surface area contributed by atoms with E-state index in [4.69, 9.17) is 4.74 Å². The van der Waals surface area contributed by atoms with Crippen molar-refractivity contribution in [2.45, 2.75) is 36.5 Å². The number of rotatable bonds is 3. The standard InChI is InChI=1S/C13H20N4O3S2/c18-22(19,11-2-3-11)17-6-7-20-13(9-17)4-1-5-16(8-13)12-15-14-10-21-12/h10-11H,1-9H2/t13-/m1/s1. The van der Waals surface area contributed by atoms with Gasteiger partial charge in [-0.05, 0) is 25.7 Å². The van der Waals surface area contributed by atoms with E-state index in [0.29, 0.717) is 26.2 Å². The Kier molecular flexibility index (Phi) is 3.63. The predicted molar refractivity (Wildman–Crippen MR) is 83.6 cm³/mol. The molecule has 1 aromatic rings. The van der Waals surface area contributed by atoms with E-state index in [1.165, 1.54) is 11.3 Å². The van der Waals surface area contributed by atoms with Gasteiger partial charge in [-0.3, -0.25) is 0 Å². The lowest BCUT2D eigenvalue weighted by molar-refractivity contribution is -0.0950. The molecule has 0 aromatic carbocycles. The van der Waals surface area contributed by atoms with Crippen LogP contribution in [0.1, 0.15) is 25.7 Å². The lowest BCUT2D eigenvalue weighted by atomic mass is 9.92. The Labute approximate surface area is 134 Å². The summed E-state index contributed by atoms with van der Waals surface area (Å²) >= 11 is 1.51. The van der Waals surface area contributed by atoms with Crippen molar-refractivity contribution < 1.29 is 13.2 Å². The van der Waals surface area contributed by atoms with Crippen molar-refractivity contribution in [3.63, 3.8) is 0 Å². The van der Waals surface area contributed by atoms with Gasteiger partial charge in [0, 0.05) is 19.6 Å². The van der Waals surface area contributed by atoms with Crippen LogP contribution in [0.5, 0.6) is 0 Å². The third-order valence-corrected chi connectivity index (χ3v) is 7.77. The average Bonchev–Trinajstić information content (AvgIpc) is 3.24. The zero-order valence-electron chi connectivity index (χ0n) is 12.3. The predicted octanol–water partition coefficient (Wildman–Crippen LogP) is 0.701. The van der Waals surface area contributed by atoms with Crippen LogP contribution in [0.4, 0.5) is 5.13 Å². The Morgan fingerprint density at radius 3 is 2.91 bits per heavy atom. The lowest BCUT2D eigenvalue weighted by Gasteiger charge is -2.47. The minimum atomic E-state index is -3.13. The minimum Gasteiger partial charge on any atom is -0.370 e. The van der Waals surface area contributed by atoms with E-state index in [1.807, 2.05) is 0 Å². The molecular weight excluding hydrogens is 324 g/mol. The fourth-order valence-corrected chi connectivity index (χ4v) is 5.90. The minimum absolute atomic E-state index is 0.148. The van der Waals surface area contributed by atoms with Crippen LogP contribution in [-0.4, -0.2) is 66.6 Å². The van der Waals surface area contributed by atoms with Gasteiger partial charge in [0.2, 0.25) is 15.2 Å². The molecule has 2 saturated heterocycles. The van der Waals surface area contributed by atoms with Crippen LogP contribution in [0.3, 0.4) is 0 Å². The largest absolute Gasteiger partial charge is 0.370 e. The van der Waals surface area contributed by atoms with Crippen molar-refractivity contribution in [3.8, 4) is 0 Å². The van der Waals surface area contributed by atoms with Gasteiger partial charge in [0.15, 0.2) is 0 Å². The quantitative estimate of drug-likeness (QED) is 0.803. The first-order valence-electron chi connectivity index (χ1n) is 7.73. The van der Waals surface area contributed by atoms with Gasteiger partial charge in [-0.15, -0.1) is 10.2 Å². The van der Waals surface area contributed by atoms with Gasteiger partial charge in [0.05, 0.1) is 24.0 Å². The summed E-state index contributed by atoms with van der Waals surface area (Å²) in [7, 11) is -3.13. The Morgan fingerprint density at radius 2 is 2.18 bits per heavy atom. The van der Waals surface area contributed by atoms with Crippen LogP contribution in [0.15, 0.2) is 5.51 Å². The normalized spacial score (nSPS) is 30.8. The summed E-state index contributed by atoms with van der Waals surface area (Å²) in [5, 5.41) is 8.77. The van der Waals surface area contributed by atoms with Gasteiger partial charge in [0.1, 0.15) is 5.51 Å². The van der Waals surface area contributed by atoms with Crippen molar-refractivity contribution in [2.75, 3.05) is 37.7 Å². The van der Waals surface area contributed by atoms with Crippen LogP contribution in [0.2, 0.25) is 0 Å². The second kappa shape index (κ2) is 5.40. The second-order valence-corrected chi connectivity index (χ2v) is 9.38. The highest BCUT2D eigenvalue weighted by Crippen LogP contribution is 2.36. The molecule has 2 aliphatic heterocycles. The molecule has 1 saturated carbocycles. The van der Waals surface area contributed by atoms with Crippen LogP contribution < -0.4 is 4.90 Å². The van der Waals surface area contributed by atoms with Gasteiger partial charge in [-0.1, -0.05) is 11.3 Å². The summed E-state index contributed by atoms with van der Waals surface area (Å²) < 4.78 is 32.8. The van der Waals surface area contributed by atoms with Crippen molar-refractivity contribution in [3.05, 3.63) is 5.51 Å². The number of sulfonamides is 1. The number of morpholine rings is 1. The molecule has 0 amide bonds. The first-order chi connectivity index (χ1) is 10.6. The Balaban J connectivity index is 1.52.